The van der Waals surface area contributed by atoms with Crippen molar-refractivity contribution in [3.05, 3.63) is 50.6 Å². The second-order valence-electron chi connectivity index (χ2n) is 3.28. The number of anilines is 1. The number of thiophene rings is 1. The van der Waals surface area contributed by atoms with E-state index in [0.717, 1.165) is 9.35 Å². The van der Waals surface area contributed by atoms with Gasteiger partial charge in [-0.05, 0) is 46.3 Å². The van der Waals surface area contributed by atoms with Crippen molar-refractivity contribution in [2.75, 3.05) is 5.32 Å². The number of rotatable bonds is 2. The normalized spacial score (nSPS) is 9.65. The third kappa shape index (κ3) is 2.96. The van der Waals surface area contributed by atoms with Gasteiger partial charge in [0.15, 0.2) is 0 Å². The van der Waals surface area contributed by atoms with E-state index in [1.165, 1.54) is 11.3 Å². The molecule has 0 aliphatic heterocycles. The van der Waals surface area contributed by atoms with Crippen molar-refractivity contribution < 1.29 is 4.79 Å². The molecule has 84 valence electrons. The number of terminal acetylenes is 1. The van der Waals surface area contributed by atoms with E-state index in [4.69, 9.17) is 6.42 Å². The number of amides is 1. The van der Waals surface area contributed by atoms with E-state index < -0.39 is 0 Å². The van der Waals surface area contributed by atoms with Gasteiger partial charge >= 0.3 is 0 Å². The van der Waals surface area contributed by atoms with Crippen molar-refractivity contribution in [1.29, 1.82) is 0 Å². The molecule has 0 saturated heterocycles. The standard InChI is InChI=1S/C13H8BrNOS/c1-2-9-4-3-5-10(8-9)15-13(16)11-6-7-12(14)17-11/h1,3-8H,(H,15,16). The summed E-state index contributed by atoms with van der Waals surface area (Å²) in [5.41, 5.74) is 1.45. The zero-order valence-electron chi connectivity index (χ0n) is 8.74. The molecule has 0 radical (unpaired) electrons. The maximum absolute atomic E-state index is 11.9. The molecule has 2 nitrogen and oxygen atoms in total. The van der Waals surface area contributed by atoms with Crippen LogP contribution in [0, 0.1) is 12.3 Å². The molecule has 17 heavy (non-hydrogen) atoms. The van der Waals surface area contributed by atoms with E-state index in [1.54, 1.807) is 18.2 Å². The summed E-state index contributed by atoms with van der Waals surface area (Å²) in [6.45, 7) is 0. The lowest BCUT2D eigenvalue weighted by Gasteiger charge is -2.03. The van der Waals surface area contributed by atoms with E-state index in [0.29, 0.717) is 10.6 Å². The molecule has 1 N–H and O–H groups in total. The number of nitrogens with one attached hydrogen (secondary N) is 1. The molecule has 0 unspecified atom stereocenters. The van der Waals surface area contributed by atoms with Crippen LogP contribution in [0.3, 0.4) is 0 Å². The number of hydrogen-bond donors (Lipinski definition) is 1. The minimum absolute atomic E-state index is 0.130. The van der Waals surface area contributed by atoms with Gasteiger partial charge in [-0.1, -0.05) is 12.0 Å². The quantitative estimate of drug-likeness (QED) is 0.841. The molecule has 2 rings (SSSR count). The Labute approximate surface area is 112 Å². The lowest BCUT2D eigenvalue weighted by molar-refractivity contribution is 0.103. The van der Waals surface area contributed by atoms with E-state index >= 15 is 0 Å². The van der Waals surface area contributed by atoms with Gasteiger partial charge in [-0.2, -0.15) is 0 Å². The smallest absolute Gasteiger partial charge is 0.265 e. The van der Waals surface area contributed by atoms with Crippen molar-refractivity contribution in [2.24, 2.45) is 0 Å². The summed E-state index contributed by atoms with van der Waals surface area (Å²) in [6, 6.07) is 10.8. The van der Waals surface area contributed by atoms with Crippen LogP contribution in [0.1, 0.15) is 15.2 Å². The highest BCUT2D eigenvalue weighted by Crippen LogP contribution is 2.23. The molecule has 1 amide bonds. The molecular weight excluding hydrogens is 298 g/mol. The SMILES string of the molecule is C#Cc1cccc(NC(=O)c2ccc(Br)s2)c1. The highest BCUT2D eigenvalue weighted by Gasteiger charge is 2.08. The molecule has 0 bridgehead atoms. The van der Waals surface area contributed by atoms with Gasteiger partial charge in [0.2, 0.25) is 0 Å². The second-order valence-corrected chi connectivity index (χ2v) is 5.75. The molecule has 1 aromatic carbocycles. The van der Waals surface area contributed by atoms with Crippen LogP contribution >= 0.6 is 27.3 Å². The largest absolute Gasteiger partial charge is 0.321 e. The molecule has 0 fully saturated rings. The molecule has 1 aromatic heterocycles. The van der Waals surface area contributed by atoms with Gasteiger partial charge in [0, 0.05) is 11.3 Å². The molecule has 0 aliphatic rings. The summed E-state index contributed by atoms with van der Waals surface area (Å²) in [6.07, 6.45) is 5.30. The Balaban J connectivity index is 2.16. The predicted octanol–water partition coefficient (Wildman–Crippen LogP) is 3.74. The van der Waals surface area contributed by atoms with Crippen molar-refractivity contribution in [3.63, 3.8) is 0 Å². The van der Waals surface area contributed by atoms with Gasteiger partial charge in [0.05, 0.1) is 8.66 Å². The van der Waals surface area contributed by atoms with Crippen LogP contribution < -0.4 is 5.32 Å². The Morgan fingerprint density at radius 3 is 2.82 bits per heavy atom. The number of halogens is 1. The molecule has 1 heterocycles. The van der Waals surface area contributed by atoms with Gasteiger partial charge < -0.3 is 5.32 Å². The first-order valence-corrected chi connectivity index (χ1v) is 6.43. The van der Waals surface area contributed by atoms with Gasteiger partial charge in [-0.3, -0.25) is 4.79 Å². The van der Waals surface area contributed by atoms with Crippen LogP contribution in [-0.4, -0.2) is 5.91 Å². The fourth-order valence-electron chi connectivity index (χ4n) is 1.32. The molecule has 2 aromatic rings. The van der Waals surface area contributed by atoms with Gasteiger partial charge in [0.1, 0.15) is 0 Å². The second kappa shape index (κ2) is 5.17. The van der Waals surface area contributed by atoms with Crippen LogP contribution in [0.2, 0.25) is 0 Å². The molecule has 0 atom stereocenters. The summed E-state index contributed by atoms with van der Waals surface area (Å²) in [4.78, 5) is 12.5. The zero-order valence-corrected chi connectivity index (χ0v) is 11.1. The fraction of sp³-hybridized carbons (Fsp3) is 0. The lowest BCUT2D eigenvalue weighted by atomic mass is 10.2. The van der Waals surface area contributed by atoms with Crippen molar-refractivity contribution >= 4 is 38.9 Å². The predicted molar refractivity (Wildman–Crippen MR) is 74.3 cm³/mol. The van der Waals surface area contributed by atoms with Crippen LogP contribution in [0.25, 0.3) is 0 Å². The molecular formula is C13H8BrNOS. The van der Waals surface area contributed by atoms with Crippen molar-refractivity contribution in [1.82, 2.24) is 0 Å². The van der Waals surface area contributed by atoms with E-state index in [9.17, 15) is 4.79 Å². The minimum atomic E-state index is -0.130. The van der Waals surface area contributed by atoms with Crippen LogP contribution in [-0.2, 0) is 0 Å². The van der Waals surface area contributed by atoms with E-state index in [1.807, 2.05) is 18.2 Å². The Kier molecular flexibility index (Phi) is 3.62. The first-order chi connectivity index (χ1) is 8.19. The summed E-state index contributed by atoms with van der Waals surface area (Å²) < 4.78 is 0.931. The summed E-state index contributed by atoms with van der Waals surface area (Å²) in [7, 11) is 0. The van der Waals surface area contributed by atoms with Gasteiger partial charge in [0.25, 0.3) is 5.91 Å². The molecule has 0 saturated carbocycles. The van der Waals surface area contributed by atoms with Crippen molar-refractivity contribution in [3.8, 4) is 12.3 Å². The fourth-order valence-corrected chi connectivity index (χ4v) is 2.60. The number of carbonyl (C=O) groups excluding carboxylic acids is 1. The summed E-state index contributed by atoms with van der Waals surface area (Å²) in [5.74, 6) is 2.40. The lowest BCUT2D eigenvalue weighted by Crippen LogP contribution is -2.09. The first-order valence-electron chi connectivity index (χ1n) is 4.82. The van der Waals surface area contributed by atoms with E-state index in [2.05, 4.69) is 27.2 Å². The molecule has 4 heteroatoms. The Morgan fingerprint density at radius 2 is 2.18 bits per heavy atom. The molecule has 0 aliphatic carbocycles. The number of hydrogen-bond acceptors (Lipinski definition) is 2. The Hall–Kier alpha value is -1.57. The van der Waals surface area contributed by atoms with E-state index in [-0.39, 0.29) is 5.91 Å². The first kappa shape index (κ1) is 11.9. The van der Waals surface area contributed by atoms with Crippen LogP contribution in [0.5, 0.6) is 0 Å². The monoisotopic (exact) mass is 305 g/mol. The minimum Gasteiger partial charge on any atom is -0.321 e. The Morgan fingerprint density at radius 1 is 1.35 bits per heavy atom. The summed E-state index contributed by atoms with van der Waals surface area (Å²) >= 11 is 4.71. The van der Waals surface area contributed by atoms with Gasteiger partial charge in [-0.15, -0.1) is 17.8 Å². The third-order valence-electron chi connectivity index (χ3n) is 2.08. The maximum atomic E-state index is 11.9. The average molecular weight is 306 g/mol. The maximum Gasteiger partial charge on any atom is 0.265 e. The van der Waals surface area contributed by atoms with Crippen LogP contribution in [0.15, 0.2) is 40.2 Å². The summed E-state index contributed by atoms with van der Waals surface area (Å²) in [5, 5.41) is 2.80. The Bertz CT molecular complexity index is 597. The highest BCUT2D eigenvalue weighted by atomic mass is 79.9. The topological polar surface area (TPSA) is 29.1 Å². The van der Waals surface area contributed by atoms with Crippen LogP contribution in [0.4, 0.5) is 5.69 Å². The van der Waals surface area contributed by atoms with Gasteiger partial charge in [-0.25, -0.2) is 0 Å². The number of benzene rings is 1. The van der Waals surface area contributed by atoms with Crippen molar-refractivity contribution in [2.45, 2.75) is 0 Å². The highest BCUT2D eigenvalue weighted by molar-refractivity contribution is 9.11. The zero-order chi connectivity index (χ0) is 12.3. The number of carbonyl (C=O) groups is 1. The third-order valence-corrected chi connectivity index (χ3v) is 3.71. The molecule has 0 spiro atoms. The average Bonchev–Trinajstić information content (AvgIpc) is 2.76.